The Morgan fingerprint density at radius 1 is 1.39 bits per heavy atom. The fraction of sp³-hybridized carbons (Fsp3) is 0.529. The first-order valence-electron chi connectivity index (χ1n) is 8.17. The Kier molecular flexibility index (Phi) is 6.42. The molecule has 1 saturated heterocycles. The summed E-state index contributed by atoms with van der Waals surface area (Å²) in [6, 6.07) is 8.49. The second-order valence-electron chi connectivity index (χ2n) is 6.17. The van der Waals surface area contributed by atoms with Gasteiger partial charge in [0.05, 0.1) is 11.0 Å². The van der Waals surface area contributed by atoms with E-state index in [-0.39, 0.29) is 24.2 Å². The number of hydrogen-bond donors (Lipinski definition) is 3. The number of fused-ring (bicyclic) bond motifs is 1. The molecule has 0 aliphatic carbocycles. The Hall–Kier alpha value is -1.59. The van der Waals surface area contributed by atoms with Crippen LogP contribution in [0.2, 0.25) is 0 Å². The molecule has 3 N–H and O–H groups in total. The lowest BCUT2D eigenvalue weighted by atomic mass is 9.92. The molecule has 6 heteroatoms. The molecule has 0 radical (unpaired) electrons. The van der Waals surface area contributed by atoms with Gasteiger partial charge in [-0.1, -0.05) is 12.1 Å². The summed E-state index contributed by atoms with van der Waals surface area (Å²) in [5.74, 6) is 1.37. The highest BCUT2D eigenvalue weighted by Crippen LogP contribution is 2.16. The molecule has 1 amide bonds. The Labute approximate surface area is 143 Å². The number of halogens is 1. The number of rotatable bonds is 5. The van der Waals surface area contributed by atoms with Crippen LogP contribution < -0.4 is 10.6 Å². The molecule has 0 bridgehead atoms. The third kappa shape index (κ3) is 4.69. The monoisotopic (exact) mass is 336 g/mol. The fourth-order valence-corrected chi connectivity index (χ4v) is 3.11. The van der Waals surface area contributed by atoms with Crippen LogP contribution in [0.1, 0.15) is 32.0 Å². The number of carbonyl (C=O) groups excluding carboxylic acids is 1. The molecule has 0 unspecified atom stereocenters. The van der Waals surface area contributed by atoms with Gasteiger partial charge in [-0.25, -0.2) is 4.98 Å². The zero-order valence-electron chi connectivity index (χ0n) is 13.5. The zero-order valence-corrected chi connectivity index (χ0v) is 14.3. The summed E-state index contributed by atoms with van der Waals surface area (Å²) in [4.78, 5) is 20.0. The average molecular weight is 337 g/mol. The summed E-state index contributed by atoms with van der Waals surface area (Å²) in [5, 5.41) is 6.44. The van der Waals surface area contributed by atoms with Crippen LogP contribution in [0.4, 0.5) is 0 Å². The van der Waals surface area contributed by atoms with Crippen molar-refractivity contribution < 1.29 is 4.79 Å². The second kappa shape index (κ2) is 8.31. The van der Waals surface area contributed by atoms with E-state index >= 15 is 0 Å². The van der Waals surface area contributed by atoms with Gasteiger partial charge in [0.15, 0.2) is 0 Å². The van der Waals surface area contributed by atoms with Gasteiger partial charge in [0.1, 0.15) is 5.82 Å². The van der Waals surface area contributed by atoms with Crippen LogP contribution in [-0.4, -0.2) is 35.0 Å². The molecule has 2 aromatic rings. The van der Waals surface area contributed by atoms with Crippen LogP contribution in [-0.2, 0) is 11.2 Å². The minimum Gasteiger partial charge on any atom is -0.356 e. The Bertz CT molecular complexity index is 609. The minimum atomic E-state index is 0. The van der Waals surface area contributed by atoms with E-state index in [9.17, 15) is 4.79 Å². The van der Waals surface area contributed by atoms with Gasteiger partial charge in [0, 0.05) is 24.9 Å². The van der Waals surface area contributed by atoms with Gasteiger partial charge in [-0.2, -0.15) is 0 Å². The lowest BCUT2D eigenvalue weighted by Crippen LogP contribution is -2.42. The zero-order chi connectivity index (χ0) is 15.4. The quantitative estimate of drug-likeness (QED) is 0.734. The number of piperidine rings is 1. The number of para-hydroxylation sites is 2. The highest BCUT2D eigenvalue weighted by atomic mass is 35.5. The van der Waals surface area contributed by atoms with Crippen LogP contribution in [0.5, 0.6) is 0 Å². The van der Waals surface area contributed by atoms with E-state index in [4.69, 9.17) is 0 Å². The summed E-state index contributed by atoms with van der Waals surface area (Å²) in [5.41, 5.74) is 2.08. The summed E-state index contributed by atoms with van der Waals surface area (Å²) < 4.78 is 0. The molecule has 0 spiro atoms. The number of benzene rings is 1. The first-order valence-corrected chi connectivity index (χ1v) is 8.17. The molecule has 1 fully saturated rings. The third-order valence-corrected chi connectivity index (χ3v) is 4.32. The Balaban J connectivity index is 0.00000192. The van der Waals surface area contributed by atoms with Crippen LogP contribution >= 0.6 is 12.4 Å². The lowest BCUT2D eigenvalue weighted by molar-refractivity contribution is -0.126. The summed E-state index contributed by atoms with van der Waals surface area (Å²) >= 11 is 0. The Morgan fingerprint density at radius 2 is 2.22 bits per heavy atom. The van der Waals surface area contributed by atoms with Crippen molar-refractivity contribution in [3.05, 3.63) is 30.1 Å². The minimum absolute atomic E-state index is 0. The maximum atomic E-state index is 12.1. The lowest BCUT2D eigenvalue weighted by Gasteiger charge is -2.27. The first kappa shape index (κ1) is 17.8. The van der Waals surface area contributed by atoms with Crippen molar-refractivity contribution in [3.8, 4) is 0 Å². The van der Waals surface area contributed by atoms with E-state index in [1.165, 1.54) is 0 Å². The fourth-order valence-electron chi connectivity index (χ4n) is 3.11. The standard InChI is InChI=1S/C17H24N4O.ClH/c1-12-11-13(8-10-18-12)17(22)19-9-4-7-16-20-14-5-2-3-6-15(14)21-16;/h2-3,5-6,12-13,18H,4,7-11H2,1H3,(H,19,22)(H,20,21);1H/t12-,13-;/m0./s1. The summed E-state index contributed by atoms with van der Waals surface area (Å²) in [7, 11) is 0. The van der Waals surface area contributed by atoms with Crippen molar-refractivity contribution in [2.75, 3.05) is 13.1 Å². The molecule has 126 valence electrons. The van der Waals surface area contributed by atoms with E-state index in [2.05, 4.69) is 27.5 Å². The van der Waals surface area contributed by atoms with E-state index in [1.807, 2.05) is 24.3 Å². The van der Waals surface area contributed by atoms with E-state index in [0.717, 1.165) is 49.1 Å². The maximum absolute atomic E-state index is 12.1. The molecule has 23 heavy (non-hydrogen) atoms. The van der Waals surface area contributed by atoms with Gasteiger partial charge in [0.2, 0.25) is 5.91 Å². The third-order valence-electron chi connectivity index (χ3n) is 4.32. The van der Waals surface area contributed by atoms with Crippen LogP contribution in [0.3, 0.4) is 0 Å². The molecule has 1 aromatic carbocycles. The van der Waals surface area contributed by atoms with Gasteiger partial charge in [-0.3, -0.25) is 4.79 Å². The van der Waals surface area contributed by atoms with E-state index in [0.29, 0.717) is 12.6 Å². The molecule has 0 saturated carbocycles. The van der Waals surface area contributed by atoms with Gasteiger partial charge >= 0.3 is 0 Å². The van der Waals surface area contributed by atoms with Crippen molar-refractivity contribution in [2.45, 2.75) is 38.6 Å². The number of nitrogens with zero attached hydrogens (tertiary/aromatic N) is 1. The largest absolute Gasteiger partial charge is 0.356 e. The predicted octanol–water partition coefficient (Wildman–Crippen LogP) is 2.42. The van der Waals surface area contributed by atoms with Crippen LogP contribution in [0.15, 0.2) is 24.3 Å². The number of amides is 1. The second-order valence-corrected chi connectivity index (χ2v) is 6.17. The first-order chi connectivity index (χ1) is 10.7. The smallest absolute Gasteiger partial charge is 0.223 e. The van der Waals surface area contributed by atoms with Crippen molar-refractivity contribution in [1.29, 1.82) is 0 Å². The molecule has 1 aliphatic rings. The number of aromatic nitrogens is 2. The van der Waals surface area contributed by atoms with Crippen molar-refractivity contribution >= 4 is 29.3 Å². The molecule has 1 aromatic heterocycles. The van der Waals surface area contributed by atoms with Crippen LogP contribution in [0.25, 0.3) is 11.0 Å². The van der Waals surface area contributed by atoms with Gasteiger partial charge in [-0.15, -0.1) is 12.4 Å². The van der Waals surface area contributed by atoms with Crippen molar-refractivity contribution in [1.82, 2.24) is 20.6 Å². The SMILES string of the molecule is C[C@H]1C[C@@H](C(=O)NCCCc2nc3ccccc3[nH]2)CCN1.Cl. The molecule has 2 atom stereocenters. The number of imidazole rings is 1. The normalized spacial score (nSPS) is 20.9. The predicted molar refractivity (Wildman–Crippen MR) is 94.9 cm³/mol. The Morgan fingerprint density at radius 3 is 3.00 bits per heavy atom. The van der Waals surface area contributed by atoms with Gasteiger partial charge < -0.3 is 15.6 Å². The molecular weight excluding hydrogens is 312 g/mol. The molecule has 1 aliphatic heterocycles. The van der Waals surface area contributed by atoms with E-state index < -0.39 is 0 Å². The number of aryl methyl sites for hydroxylation is 1. The topological polar surface area (TPSA) is 69.8 Å². The van der Waals surface area contributed by atoms with Gasteiger partial charge in [0.25, 0.3) is 0 Å². The highest BCUT2D eigenvalue weighted by Gasteiger charge is 2.24. The summed E-state index contributed by atoms with van der Waals surface area (Å²) in [6.45, 7) is 3.80. The van der Waals surface area contributed by atoms with Gasteiger partial charge in [-0.05, 0) is 44.9 Å². The maximum Gasteiger partial charge on any atom is 0.223 e. The van der Waals surface area contributed by atoms with E-state index in [1.54, 1.807) is 0 Å². The molecule has 5 nitrogen and oxygen atoms in total. The molecule has 3 rings (SSSR count). The number of nitrogens with one attached hydrogen (secondary N) is 3. The highest BCUT2D eigenvalue weighted by molar-refractivity contribution is 5.85. The van der Waals surface area contributed by atoms with Crippen LogP contribution in [0, 0.1) is 5.92 Å². The summed E-state index contributed by atoms with van der Waals surface area (Å²) in [6.07, 6.45) is 3.65. The van der Waals surface area contributed by atoms with Crippen molar-refractivity contribution in [2.24, 2.45) is 5.92 Å². The number of hydrogen-bond acceptors (Lipinski definition) is 3. The molecular formula is C17H25ClN4O. The molecule has 2 heterocycles. The van der Waals surface area contributed by atoms with Crippen molar-refractivity contribution in [3.63, 3.8) is 0 Å². The number of aromatic amines is 1. The number of H-pyrrole nitrogens is 1. The number of carbonyl (C=O) groups is 1. The average Bonchev–Trinajstić information content (AvgIpc) is 2.94.